The van der Waals surface area contributed by atoms with Gasteiger partial charge >= 0.3 is 0 Å². The van der Waals surface area contributed by atoms with E-state index in [1.54, 1.807) is 0 Å². The second-order valence-electron chi connectivity index (χ2n) is 3.90. The van der Waals surface area contributed by atoms with Crippen LogP contribution in [0.1, 0.15) is 36.4 Å². The molecule has 0 aliphatic heterocycles. The van der Waals surface area contributed by atoms with Crippen molar-refractivity contribution < 1.29 is 0 Å². The quantitative estimate of drug-likeness (QED) is 0.698. The van der Waals surface area contributed by atoms with Gasteiger partial charge in [0, 0.05) is 6.04 Å². The van der Waals surface area contributed by atoms with Gasteiger partial charge in [-0.05, 0) is 23.5 Å². The Balaban J connectivity index is 2.22. The highest BCUT2D eigenvalue weighted by molar-refractivity contribution is 5.37. The average molecular weight is 185 g/mol. The molecule has 1 nitrogen and oxygen atoms in total. The minimum Gasteiger partial charge on any atom is -0.299 e. The van der Waals surface area contributed by atoms with Crippen molar-refractivity contribution in [1.82, 2.24) is 5.32 Å². The van der Waals surface area contributed by atoms with Gasteiger partial charge in [0.15, 0.2) is 0 Å². The third-order valence-corrected chi connectivity index (χ3v) is 2.94. The Morgan fingerprint density at radius 2 is 2.14 bits per heavy atom. The van der Waals surface area contributed by atoms with Crippen molar-refractivity contribution in [2.75, 3.05) is 6.54 Å². The van der Waals surface area contributed by atoms with Gasteiger partial charge in [-0.25, -0.2) is 0 Å². The Kier molecular flexibility index (Phi) is 2.56. The van der Waals surface area contributed by atoms with Gasteiger partial charge in [-0.15, -0.1) is 6.42 Å². The first-order chi connectivity index (χ1) is 6.83. The monoisotopic (exact) mass is 185 g/mol. The SMILES string of the molecule is C#CCN[C@@H]1CC(C)c2ccccc21. The van der Waals surface area contributed by atoms with E-state index in [2.05, 4.69) is 42.4 Å². The smallest absolute Gasteiger partial charge is 0.0578 e. The Morgan fingerprint density at radius 1 is 1.43 bits per heavy atom. The minimum atomic E-state index is 0.456. The third kappa shape index (κ3) is 1.54. The molecule has 0 fully saturated rings. The molecule has 0 heterocycles. The summed E-state index contributed by atoms with van der Waals surface area (Å²) in [6.07, 6.45) is 6.42. The van der Waals surface area contributed by atoms with Crippen LogP contribution in [0.3, 0.4) is 0 Å². The number of terminal acetylenes is 1. The molecule has 1 N–H and O–H groups in total. The summed E-state index contributed by atoms with van der Waals surface area (Å²) < 4.78 is 0. The maximum absolute atomic E-state index is 5.25. The molecule has 0 aromatic heterocycles. The molecule has 2 atom stereocenters. The van der Waals surface area contributed by atoms with Crippen LogP contribution in [-0.2, 0) is 0 Å². The van der Waals surface area contributed by atoms with Crippen molar-refractivity contribution in [1.29, 1.82) is 0 Å². The fourth-order valence-electron chi connectivity index (χ4n) is 2.26. The first-order valence-corrected chi connectivity index (χ1v) is 5.08. The lowest BCUT2D eigenvalue weighted by Crippen LogP contribution is -2.19. The number of benzene rings is 1. The van der Waals surface area contributed by atoms with Crippen LogP contribution in [-0.4, -0.2) is 6.54 Å². The maximum atomic E-state index is 5.25. The van der Waals surface area contributed by atoms with Gasteiger partial charge in [0.05, 0.1) is 6.54 Å². The van der Waals surface area contributed by atoms with Gasteiger partial charge in [0.1, 0.15) is 0 Å². The molecule has 72 valence electrons. The first kappa shape index (κ1) is 9.30. The number of nitrogens with one attached hydrogen (secondary N) is 1. The van der Waals surface area contributed by atoms with E-state index < -0.39 is 0 Å². The minimum absolute atomic E-state index is 0.456. The lowest BCUT2D eigenvalue weighted by Gasteiger charge is -2.11. The molecule has 0 saturated heterocycles. The highest BCUT2D eigenvalue weighted by atomic mass is 14.9. The van der Waals surface area contributed by atoms with Gasteiger partial charge < -0.3 is 0 Å². The molecule has 1 heteroatoms. The van der Waals surface area contributed by atoms with Crippen molar-refractivity contribution in [3.8, 4) is 12.3 Å². The number of fused-ring (bicyclic) bond motifs is 1. The van der Waals surface area contributed by atoms with Crippen molar-refractivity contribution in [2.45, 2.75) is 25.3 Å². The van der Waals surface area contributed by atoms with Crippen LogP contribution in [0.2, 0.25) is 0 Å². The van der Waals surface area contributed by atoms with Gasteiger partial charge in [-0.2, -0.15) is 0 Å². The predicted octanol–water partition coefficient (Wildman–Crippen LogP) is 2.46. The second-order valence-corrected chi connectivity index (χ2v) is 3.90. The molecule has 14 heavy (non-hydrogen) atoms. The molecule has 1 aromatic carbocycles. The number of rotatable bonds is 2. The van der Waals surface area contributed by atoms with Crippen LogP contribution in [0.5, 0.6) is 0 Å². The maximum Gasteiger partial charge on any atom is 0.0578 e. The topological polar surface area (TPSA) is 12.0 Å². The molecule has 0 radical (unpaired) electrons. The number of hydrogen-bond donors (Lipinski definition) is 1. The van der Waals surface area contributed by atoms with Gasteiger partial charge in [-0.1, -0.05) is 37.1 Å². The van der Waals surface area contributed by atoms with Crippen LogP contribution in [0.25, 0.3) is 0 Å². The molecule has 0 amide bonds. The highest BCUT2D eigenvalue weighted by Crippen LogP contribution is 2.39. The second kappa shape index (κ2) is 3.86. The molecular weight excluding hydrogens is 170 g/mol. The van der Waals surface area contributed by atoms with Gasteiger partial charge in [0.2, 0.25) is 0 Å². The van der Waals surface area contributed by atoms with E-state index in [0.29, 0.717) is 18.5 Å². The van der Waals surface area contributed by atoms with Crippen LogP contribution in [0, 0.1) is 12.3 Å². The van der Waals surface area contributed by atoms with E-state index in [1.165, 1.54) is 17.5 Å². The summed E-state index contributed by atoms with van der Waals surface area (Å²) in [5.41, 5.74) is 2.90. The zero-order chi connectivity index (χ0) is 9.97. The molecule has 2 rings (SSSR count). The predicted molar refractivity (Wildman–Crippen MR) is 59.1 cm³/mol. The lowest BCUT2D eigenvalue weighted by atomic mass is 10.0. The standard InChI is InChI=1S/C13H15N/c1-3-8-14-13-9-10(2)11-6-4-5-7-12(11)13/h1,4-7,10,13-14H,8-9H2,2H3/t10?,13-/m1/s1. The summed E-state index contributed by atoms with van der Waals surface area (Å²) in [4.78, 5) is 0. The Labute approximate surface area is 85.5 Å². The zero-order valence-electron chi connectivity index (χ0n) is 8.46. The van der Waals surface area contributed by atoms with E-state index in [4.69, 9.17) is 6.42 Å². The summed E-state index contributed by atoms with van der Waals surface area (Å²) in [5, 5.41) is 3.38. The summed E-state index contributed by atoms with van der Waals surface area (Å²) in [7, 11) is 0. The summed E-state index contributed by atoms with van der Waals surface area (Å²) in [6, 6.07) is 9.09. The lowest BCUT2D eigenvalue weighted by molar-refractivity contribution is 0.536. The molecule has 1 aromatic rings. The average Bonchev–Trinajstić information content (AvgIpc) is 2.54. The molecule has 1 aliphatic rings. The Hall–Kier alpha value is -1.26. The Bertz CT molecular complexity index is 362. The van der Waals surface area contributed by atoms with Gasteiger partial charge in [0.25, 0.3) is 0 Å². The van der Waals surface area contributed by atoms with Crippen LogP contribution in [0.15, 0.2) is 24.3 Å². The normalized spacial score (nSPS) is 24.3. The molecule has 1 unspecified atom stereocenters. The zero-order valence-corrected chi connectivity index (χ0v) is 8.46. The summed E-state index contributed by atoms with van der Waals surface area (Å²) >= 11 is 0. The van der Waals surface area contributed by atoms with Crippen molar-refractivity contribution >= 4 is 0 Å². The van der Waals surface area contributed by atoms with E-state index in [1.807, 2.05) is 0 Å². The van der Waals surface area contributed by atoms with Crippen LogP contribution in [0.4, 0.5) is 0 Å². The molecule has 0 bridgehead atoms. The van der Waals surface area contributed by atoms with E-state index in [0.717, 1.165) is 0 Å². The van der Waals surface area contributed by atoms with E-state index in [9.17, 15) is 0 Å². The summed E-state index contributed by atoms with van der Waals surface area (Å²) in [6.45, 7) is 2.93. The van der Waals surface area contributed by atoms with E-state index >= 15 is 0 Å². The fourth-order valence-corrected chi connectivity index (χ4v) is 2.26. The van der Waals surface area contributed by atoms with Crippen molar-refractivity contribution in [3.05, 3.63) is 35.4 Å². The highest BCUT2D eigenvalue weighted by Gasteiger charge is 2.26. The van der Waals surface area contributed by atoms with Crippen LogP contribution >= 0.6 is 0 Å². The first-order valence-electron chi connectivity index (χ1n) is 5.08. The van der Waals surface area contributed by atoms with Crippen molar-refractivity contribution in [3.63, 3.8) is 0 Å². The molecular formula is C13H15N. The van der Waals surface area contributed by atoms with Crippen molar-refractivity contribution in [2.24, 2.45) is 0 Å². The number of hydrogen-bond acceptors (Lipinski definition) is 1. The largest absolute Gasteiger partial charge is 0.299 e. The summed E-state index contributed by atoms with van der Waals surface area (Å²) in [5.74, 6) is 3.28. The molecule has 0 spiro atoms. The fraction of sp³-hybridized carbons (Fsp3) is 0.385. The molecule has 0 saturated carbocycles. The van der Waals surface area contributed by atoms with Crippen LogP contribution < -0.4 is 5.32 Å². The van der Waals surface area contributed by atoms with Gasteiger partial charge in [-0.3, -0.25) is 5.32 Å². The third-order valence-electron chi connectivity index (χ3n) is 2.94. The molecule has 1 aliphatic carbocycles. The Morgan fingerprint density at radius 3 is 2.86 bits per heavy atom. The van der Waals surface area contributed by atoms with E-state index in [-0.39, 0.29) is 0 Å².